The quantitative estimate of drug-likeness (QED) is 0.542. The Morgan fingerprint density at radius 3 is 2.75 bits per heavy atom. The van der Waals surface area contributed by atoms with Crippen LogP contribution in [-0.2, 0) is 4.74 Å². The fourth-order valence-corrected chi connectivity index (χ4v) is 1.03. The van der Waals surface area contributed by atoms with Gasteiger partial charge in [0.25, 0.3) is 0 Å². The van der Waals surface area contributed by atoms with E-state index in [4.69, 9.17) is 9.84 Å². The maximum atomic E-state index is 9.06. The SMILES string of the molecule is CC[C@H]1OCC[C@H]1O. The maximum Gasteiger partial charge on any atom is 0.0832 e. The highest BCUT2D eigenvalue weighted by molar-refractivity contribution is 4.72. The molecule has 0 aliphatic carbocycles. The summed E-state index contributed by atoms with van der Waals surface area (Å²) < 4.78 is 5.16. The van der Waals surface area contributed by atoms with Gasteiger partial charge in [-0.25, -0.2) is 0 Å². The highest BCUT2D eigenvalue weighted by atomic mass is 16.5. The van der Waals surface area contributed by atoms with Crippen LogP contribution in [0.5, 0.6) is 0 Å². The summed E-state index contributed by atoms with van der Waals surface area (Å²) in [6.45, 7) is 2.76. The molecule has 1 N–H and O–H groups in total. The molecule has 0 spiro atoms. The molecule has 2 atom stereocenters. The van der Waals surface area contributed by atoms with Gasteiger partial charge >= 0.3 is 0 Å². The summed E-state index contributed by atoms with van der Waals surface area (Å²) >= 11 is 0. The molecular formula is C6H12O2. The van der Waals surface area contributed by atoms with Crippen LogP contribution in [0.15, 0.2) is 0 Å². The molecule has 0 radical (unpaired) electrons. The van der Waals surface area contributed by atoms with E-state index in [1.807, 2.05) is 6.92 Å². The largest absolute Gasteiger partial charge is 0.390 e. The van der Waals surface area contributed by atoms with Crippen molar-refractivity contribution >= 4 is 0 Å². The monoisotopic (exact) mass is 116 g/mol. The standard InChI is InChI=1S/C6H12O2/c1-2-6-5(7)3-4-8-6/h5-7H,2-4H2,1H3/t5-,6-/m1/s1. The second-order valence-corrected chi connectivity index (χ2v) is 2.17. The summed E-state index contributed by atoms with van der Waals surface area (Å²) in [5.74, 6) is 0. The Balaban J connectivity index is 2.30. The average Bonchev–Trinajstić information content (AvgIpc) is 2.14. The number of ether oxygens (including phenoxy) is 1. The van der Waals surface area contributed by atoms with Gasteiger partial charge in [-0.2, -0.15) is 0 Å². The van der Waals surface area contributed by atoms with Crippen molar-refractivity contribution in [1.82, 2.24) is 0 Å². The third kappa shape index (κ3) is 1.01. The fourth-order valence-electron chi connectivity index (χ4n) is 1.03. The maximum absolute atomic E-state index is 9.06. The molecule has 0 amide bonds. The first-order valence-electron chi connectivity index (χ1n) is 3.14. The number of aliphatic hydroxyl groups is 1. The van der Waals surface area contributed by atoms with Crippen LogP contribution < -0.4 is 0 Å². The average molecular weight is 116 g/mol. The lowest BCUT2D eigenvalue weighted by molar-refractivity contribution is 0.0402. The van der Waals surface area contributed by atoms with Crippen LogP contribution in [-0.4, -0.2) is 23.9 Å². The number of rotatable bonds is 1. The number of hydrogen-bond acceptors (Lipinski definition) is 2. The predicted molar refractivity (Wildman–Crippen MR) is 30.7 cm³/mol. The van der Waals surface area contributed by atoms with E-state index in [1.54, 1.807) is 0 Å². The van der Waals surface area contributed by atoms with Crippen LogP contribution in [0.1, 0.15) is 19.8 Å². The van der Waals surface area contributed by atoms with Gasteiger partial charge in [-0.3, -0.25) is 0 Å². The van der Waals surface area contributed by atoms with Crippen LogP contribution >= 0.6 is 0 Å². The van der Waals surface area contributed by atoms with E-state index in [0.717, 1.165) is 19.4 Å². The van der Waals surface area contributed by atoms with Crippen molar-refractivity contribution in [3.63, 3.8) is 0 Å². The Morgan fingerprint density at radius 2 is 2.50 bits per heavy atom. The highest BCUT2D eigenvalue weighted by Gasteiger charge is 2.23. The number of hydrogen-bond donors (Lipinski definition) is 1. The Bertz CT molecular complexity index is 72.9. The van der Waals surface area contributed by atoms with E-state index >= 15 is 0 Å². The lowest BCUT2D eigenvalue weighted by atomic mass is 10.1. The highest BCUT2D eigenvalue weighted by Crippen LogP contribution is 2.15. The first-order valence-corrected chi connectivity index (χ1v) is 3.14. The summed E-state index contributed by atoms with van der Waals surface area (Å²) in [4.78, 5) is 0. The topological polar surface area (TPSA) is 29.5 Å². The minimum atomic E-state index is -0.194. The Kier molecular flexibility index (Phi) is 1.86. The van der Waals surface area contributed by atoms with Crippen molar-refractivity contribution in [2.75, 3.05) is 6.61 Å². The van der Waals surface area contributed by atoms with E-state index in [2.05, 4.69) is 0 Å². The molecule has 2 heteroatoms. The summed E-state index contributed by atoms with van der Waals surface area (Å²) in [6, 6.07) is 0. The molecule has 1 heterocycles. The Morgan fingerprint density at radius 1 is 1.75 bits per heavy atom. The Hall–Kier alpha value is -0.0800. The molecule has 1 fully saturated rings. The molecule has 1 rings (SSSR count). The molecule has 0 aromatic heterocycles. The second-order valence-electron chi connectivity index (χ2n) is 2.17. The van der Waals surface area contributed by atoms with E-state index < -0.39 is 0 Å². The normalized spacial score (nSPS) is 38.2. The molecule has 1 aliphatic heterocycles. The molecule has 2 nitrogen and oxygen atoms in total. The van der Waals surface area contributed by atoms with Gasteiger partial charge in [0.2, 0.25) is 0 Å². The third-order valence-corrected chi connectivity index (χ3v) is 1.58. The molecular weight excluding hydrogens is 104 g/mol. The first kappa shape index (κ1) is 6.05. The summed E-state index contributed by atoms with van der Waals surface area (Å²) in [6.07, 6.45) is 1.68. The van der Waals surface area contributed by atoms with Gasteiger partial charge < -0.3 is 9.84 Å². The van der Waals surface area contributed by atoms with E-state index in [9.17, 15) is 0 Å². The zero-order valence-electron chi connectivity index (χ0n) is 5.13. The minimum Gasteiger partial charge on any atom is -0.390 e. The molecule has 48 valence electrons. The molecule has 0 aromatic rings. The molecule has 8 heavy (non-hydrogen) atoms. The van der Waals surface area contributed by atoms with E-state index in [0.29, 0.717) is 0 Å². The van der Waals surface area contributed by atoms with Crippen LogP contribution in [0.25, 0.3) is 0 Å². The molecule has 0 bridgehead atoms. The minimum absolute atomic E-state index is 0.120. The second kappa shape index (κ2) is 2.46. The van der Waals surface area contributed by atoms with Gasteiger partial charge in [0.05, 0.1) is 12.2 Å². The van der Waals surface area contributed by atoms with Crippen LogP contribution in [0, 0.1) is 0 Å². The predicted octanol–water partition coefficient (Wildman–Crippen LogP) is 0.546. The Labute approximate surface area is 49.5 Å². The van der Waals surface area contributed by atoms with Crippen molar-refractivity contribution in [3.8, 4) is 0 Å². The van der Waals surface area contributed by atoms with Crippen molar-refractivity contribution in [2.45, 2.75) is 32.0 Å². The zero-order valence-corrected chi connectivity index (χ0v) is 5.13. The molecule has 0 unspecified atom stereocenters. The van der Waals surface area contributed by atoms with Gasteiger partial charge in [0, 0.05) is 6.61 Å². The third-order valence-electron chi connectivity index (χ3n) is 1.58. The van der Waals surface area contributed by atoms with Crippen LogP contribution in [0.2, 0.25) is 0 Å². The van der Waals surface area contributed by atoms with Crippen molar-refractivity contribution in [1.29, 1.82) is 0 Å². The summed E-state index contributed by atoms with van der Waals surface area (Å²) in [5, 5.41) is 9.06. The molecule has 1 aliphatic rings. The van der Waals surface area contributed by atoms with Gasteiger partial charge in [-0.05, 0) is 12.8 Å². The molecule has 0 aromatic carbocycles. The summed E-state index contributed by atoms with van der Waals surface area (Å²) in [5.41, 5.74) is 0. The molecule has 1 saturated heterocycles. The first-order chi connectivity index (χ1) is 3.84. The lowest BCUT2D eigenvalue weighted by Crippen LogP contribution is -2.18. The van der Waals surface area contributed by atoms with E-state index in [1.165, 1.54) is 0 Å². The van der Waals surface area contributed by atoms with Crippen molar-refractivity contribution in [2.24, 2.45) is 0 Å². The zero-order chi connectivity index (χ0) is 5.98. The fraction of sp³-hybridized carbons (Fsp3) is 1.00. The van der Waals surface area contributed by atoms with Gasteiger partial charge in [-0.15, -0.1) is 0 Å². The van der Waals surface area contributed by atoms with Crippen LogP contribution in [0.4, 0.5) is 0 Å². The smallest absolute Gasteiger partial charge is 0.0832 e. The van der Waals surface area contributed by atoms with Gasteiger partial charge in [0.15, 0.2) is 0 Å². The van der Waals surface area contributed by atoms with Crippen molar-refractivity contribution in [3.05, 3.63) is 0 Å². The van der Waals surface area contributed by atoms with Gasteiger partial charge in [0.1, 0.15) is 0 Å². The van der Waals surface area contributed by atoms with E-state index in [-0.39, 0.29) is 12.2 Å². The molecule has 0 saturated carbocycles. The van der Waals surface area contributed by atoms with Gasteiger partial charge in [-0.1, -0.05) is 6.92 Å². The lowest BCUT2D eigenvalue weighted by Gasteiger charge is -2.08. The summed E-state index contributed by atoms with van der Waals surface area (Å²) in [7, 11) is 0. The van der Waals surface area contributed by atoms with Crippen LogP contribution in [0.3, 0.4) is 0 Å². The number of aliphatic hydroxyl groups excluding tert-OH is 1. The van der Waals surface area contributed by atoms with Crippen molar-refractivity contribution < 1.29 is 9.84 Å².